The van der Waals surface area contributed by atoms with E-state index >= 15 is 0 Å². The van der Waals surface area contributed by atoms with Crippen LogP contribution < -0.4 is 0 Å². The second-order valence-electron chi connectivity index (χ2n) is 6.65. The van der Waals surface area contributed by atoms with Crippen LogP contribution in [-0.2, 0) is 6.54 Å². The number of nitrogens with zero attached hydrogens (tertiary/aromatic N) is 4. The zero-order valence-corrected chi connectivity index (χ0v) is 16.5. The van der Waals surface area contributed by atoms with Gasteiger partial charge in [-0.1, -0.05) is 11.6 Å². The zero-order valence-electron chi connectivity index (χ0n) is 14.9. The van der Waals surface area contributed by atoms with E-state index in [4.69, 9.17) is 16.0 Å². The van der Waals surface area contributed by atoms with Gasteiger partial charge in [-0.15, -0.1) is 21.5 Å². The molecule has 0 aliphatic carbocycles. The maximum absolute atomic E-state index is 13.1. The highest BCUT2D eigenvalue weighted by Gasteiger charge is 2.26. The van der Waals surface area contributed by atoms with Gasteiger partial charge in [0.05, 0.1) is 10.4 Å². The number of aromatic nitrogens is 2. The molecule has 0 N–H and O–H groups in total. The third-order valence-electron chi connectivity index (χ3n) is 4.85. The molecule has 0 saturated carbocycles. The molecule has 27 heavy (non-hydrogen) atoms. The number of piperazine rings is 1. The van der Waals surface area contributed by atoms with Crippen LogP contribution >= 0.6 is 22.9 Å². The van der Waals surface area contributed by atoms with Gasteiger partial charge in [0, 0.05) is 43.2 Å². The Morgan fingerprint density at radius 2 is 1.85 bits per heavy atom. The minimum Gasteiger partial charge on any atom is -0.419 e. The van der Waals surface area contributed by atoms with Gasteiger partial charge in [0.25, 0.3) is 0 Å². The minimum absolute atomic E-state index is 0.0463. The summed E-state index contributed by atoms with van der Waals surface area (Å²) >= 11 is 7.65. The van der Waals surface area contributed by atoms with Crippen LogP contribution in [0.1, 0.15) is 23.7 Å². The summed E-state index contributed by atoms with van der Waals surface area (Å²) in [5.74, 6) is 0.729. The van der Waals surface area contributed by atoms with Crippen LogP contribution in [0, 0.1) is 5.82 Å². The van der Waals surface area contributed by atoms with Gasteiger partial charge in [0.1, 0.15) is 5.82 Å². The van der Waals surface area contributed by atoms with Crippen molar-refractivity contribution in [2.24, 2.45) is 0 Å². The third kappa shape index (κ3) is 4.38. The van der Waals surface area contributed by atoms with E-state index in [1.54, 1.807) is 23.5 Å². The molecule has 1 aliphatic rings. The quantitative estimate of drug-likeness (QED) is 0.625. The molecule has 1 fully saturated rings. The van der Waals surface area contributed by atoms with Crippen LogP contribution in [0.2, 0.25) is 4.34 Å². The van der Waals surface area contributed by atoms with E-state index in [9.17, 15) is 4.39 Å². The smallest absolute Gasteiger partial charge is 0.247 e. The molecular weight excluding hydrogens is 387 g/mol. The summed E-state index contributed by atoms with van der Waals surface area (Å²) in [7, 11) is 0. The summed E-state index contributed by atoms with van der Waals surface area (Å²) in [5, 5.41) is 8.32. The summed E-state index contributed by atoms with van der Waals surface area (Å²) in [5.41, 5.74) is 0.724. The average molecular weight is 407 g/mol. The Morgan fingerprint density at radius 1 is 1.11 bits per heavy atom. The van der Waals surface area contributed by atoms with Crippen LogP contribution in [0.4, 0.5) is 4.39 Å². The number of thiophene rings is 1. The van der Waals surface area contributed by atoms with Crippen LogP contribution in [-0.4, -0.2) is 46.2 Å². The van der Waals surface area contributed by atoms with Crippen molar-refractivity contribution in [1.82, 2.24) is 20.0 Å². The van der Waals surface area contributed by atoms with E-state index in [1.807, 2.05) is 6.07 Å². The van der Waals surface area contributed by atoms with Gasteiger partial charge in [-0.2, -0.15) is 0 Å². The Morgan fingerprint density at radius 3 is 2.52 bits per heavy atom. The van der Waals surface area contributed by atoms with E-state index in [0.29, 0.717) is 11.8 Å². The molecule has 1 saturated heterocycles. The van der Waals surface area contributed by atoms with Gasteiger partial charge in [-0.25, -0.2) is 4.39 Å². The number of benzene rings is 1. The van der Waals surface area contributed by atoms with Crippen molar-refractivity contribution in [2.45, 2.75) is 19.5 Å². The fraction of sp³-hybridized carbons (Fsp3) is 0.368. The molecule has 0 amide bonds. The van der Waals surface area contributed by atoms with Crippen molar-refractivity contribution in [3.8, 4) is 11.5 Å². The van der Waals surface area contributed by atoms with Gasteiger partial charge in [-0.3, -0.25) is 9.80 Å². The minimum atomic E-state index is -0.283. The van der Waals surface area contributed by atoms with Crippen molar-refractivity contribution < 1.29 is 8.81 Å². The van der Waals surface area contributed by atoms with Crippen molar-refractivity contribution in [1.29, 1.82) is 0 Å². The molecule has 0 spiro atoms. The normalized spacial score (nSPS) is 17.3. The van der Waals surface area contributed by atoms with Crippen LogP contribution in [0.5, 0.6) is 0 Å². The fourth-order valence-corrected chi connectivity index (χ4v) is 4.36. The number of rotatable bonds is 5. The van der Waals surface area contributed by atoms with Crippen molar-refractivity contribution in [3.05, 3.63) is 57.3 Å². The number of hydrogen-bond acceptors (Lipinski definition) is 6. The van der Waals surface area contributed by atoms with E-state index in [1.165, 1.54) is 17.0 Å². The molecule has 2 aromatic heterocycles. The van der Waals surface area contributed by atoms with Crippen LogP contribution in [0.3, 0.4) is 0 Å². The second-order valence-corrected chi connectivity index (χ2v) is 8.45. The number of halogens is 2. The van der Waals surface area contributed by atoms with Gasteiger partial charge in [0.2, 0.25) is 11.8 Å². The largest absolute Gasteiger partial charge is 0.419 e. The summed E-state index contributed by atoms with van der Waals surface area (Å²) < 4.78 is 19.7. The topological polar surface area (TPSA) is 45.4 Å². The van der Waals surface area contributed by atoms with E-state index in [-0.39, 0.29) is 11.9 Å². The highest BCUT2D eigenvalue weighted by molar-refractivity contribution is 7.16. The van der Waals surface area contributed by atoms with Crippen molar-refractivity contribution in [2.75, 3.05) is 26.2 Å². The monoisotopic (exact) mass is 406 g/mol. The Labute approximate surface area is 166 Å². The number of hydrogen-bond donors (Lipinski definition) is 0. The van der Waals surface area contributed by atoms with E-state index in [2.05, 4.69) is 33.0 Å². The lowest BCUT2D eigenvalue weighted by Gasteiger charge is -2.36. The lowest BCUT2D eigenvalue weighted by Crippen LogP contribution is -2.46. The van der Waals surface area contributed by atoms with Gasteiger partial charge in [-0.05, 0) is 43.3 Å². The highest BCUT2D eigenvalue weighted by Crippen LogP contribution is 2.26. The first-order valence-electron chi connectivity index (χ1n) is 8.88. The van der Waals surface area contributed by atoms with Crippen LogP contribution in [0.25, 0.3) is 11.5 Å². The lowest BCUT2D eigenvalue weighted by molar-refractivity contribution is 0.0881. The molecule has 142 valence electrons. The first kappa shape index (κ1) is 18.6. The Bertz CT molecular complexity index is 889. The maximum atomic E-state index is 13.1. The Hall–Kier alpha value is -1.80. The fourth-order valence-electron chi connectivity index (χ4n) is 3.23. The SMILES string of the molecule is CC(c1nnc(-c2ccc(F)cc2)o1)N1CCN(Cc2ccc(Cl)s2)CC1. The van der Waals surface area contributed by atoms with E-state index in [0.717, 1.165) is 42.6 Å². The summed E-state index contributed by atoms with van der Waals surface area (Å²) in [6.45, 7) is 6.87. The van der Waals surface area contributed by atoms with Crippen molar-refractivity contribution >= 4 is 22.9 Å². The van der Waals surface area contributed by atoms with E-state index < -0.39 is 0 Å². The van der Waals surface area contributed by atoms with Crippen LogP contribution in [0.15, 0.2) is 40.8 Å². The molecule has 1 aromatic carbocycles. The summed E-state index contributed by atoms with van der Waals surface area (Å²) in [6, 6.07) is 10.2. The molecule has 5 nitrogen and oxygen atoms in total. The molecular formula is C19H20ClFN4OS. The van der Waals surface area contributed by atoms with Gasteiger partial charge in [0.15, 0.2) is 0 Å². The molecule has 3 aromatic rings. The predicted molar refractivity (Wildman–Crippen MR) is 104 cm³/mol. The first-order valence-corrected chi connectivity index (χ1v) is 10.1. The second kappa shape index (κ2) is 8.06. The highest BCUT2D eigenvalue weighted by atomic mass is 35.5. The Balaban J connectivity index is 1.35. The van der Waals surface area contributed by atoms with Gasteiger partial charge >= 0.3 is 0 Å². The maximum Gasteiger partial charge on any atom is 0.247 e. The molecule has 4 rings (SSSR count). The lowest BCUT2D eigenvalue weighted by atomic mass is 10.2. The molecule has 0 radical (unpaired) electrons. The molecule has 0 bridgehead atoms. The summed E-state index contributed by atoms with van der Waals surface area (Å²) in [4.78, 5) is 6.07. The molecule has 1 unspecified atom stereocenters. The zero-order chi connectivity index (χ0) is 18.8. The average Bonchev–Trinajstić information content (AvgIpc) is 3.32. The standard InChI is InChI=1S/C19H20ClFN4OS/c1-13(18-22-23-19(26-18)14-2-4-15(21)5-3-14)25-10-8-24(9-11-25)12-16-6-7-17(20)27-16/h2-7,13H,8-12H2,1H3. The molecule has 1 atom stereocenters. The summed E-state index contributed by atoms with van der Waals surface area (Å²) in [6.07, 6.45) is 0. The molecule has 8 heteroatoms. The third-order valence-corrected chi connectivity index (χ3v) is 6.07. The van der Waals surface area contributed by atoms with Gasteiger partial charge < -0.3 is 4.42 Å². The first-order chi connectivity index (χ1) is 13.1. The van der Waals surface area contributed by atoms with Crippen molar-refractivity contribution in [3.63, 3.8) is 0 Å². The Kier molecular flexibility index (Phi) is 5.54. The predicted octanol–water partition coefficient (Wildman–Crippen LogP) is 4.47. The molecule has 1 aliphatic heterocycles. The molecule has 3 heterocycles.